The van der Waals surface area contributed by atoms with Gasteiger partial charge in [0, 0.05) is 12.5 Å². The van der Waals surface area contributed by atoms with Crippen molar-refractivity contribution >= 4 is 46.8 Å². The van der Waals surface area contributed by atoms with Crippen LogP contribution in [0.2, 0.25) is 0 Å². The van der Waals surface area contributed by atoms with Gasteiger partial charge in [0.05, 0.1) is 35.2 Å². The summed E-state index contributed by atoms with van der Waals surface area (Å²) in [5.41, 5.74) is 2.60. The number of ether oxygens (including phenoxy) is 2. The van der Waals surface area contributed by atoms with Crippen molar-refractivity contribution < 1.29 is 19.1 Å². The second-order valence-electron chi connectivity index (χ2n) is 8.64. The number of hydrogen-bond donors (Lipinski definition) is 0. The van der Waals surface area contributed by atoms with Crippen LogP contribution in [0.3, 0.4) is 0 Å². The molecule has 1 aromatic rings. The molecule has 7 nitrogen and oxygen atoms in total. The first-order chi connectivity index (χ1) is 17.8. The summed E-state index contributed by atoms with van der Waals surface area (Å²) in [6, 6.07) is 0. The fraction of sp³-hybridized carbons (Fsp3) is 0.379. The Morgan fingerprint density at radius 1 is 1.22 bits per heavy atom. The molecule has 0 atom stereocenters. The molecule has 0 unspecified atom stereocenters. The molecule has 8 heteroatoms. The van der Waals surface area contributed by atoms with Gasteiger partial charge in [-0.15, -0.1) is 0 Å². The van der Waals surface area contributed by atoms with Crippen LogP contribution >= 0.6 is 11.3 Å². The fourth-order valence-corrected chi connectivity index (χ4v) is 4.52. The van der Waals surface area contributed by atoms with Crippen molar-refractivity contribution in [3.8, 4) is 0 Å². The normalized spacial score (nSPS) is 15.5. The zero-order valence-corrected chi connectivity index (χ0v) is 23.1. The molecule has 1 aromatic heterocycles. The number of rotatable bonds is 12. The van der Waals surface area contributed by atoms with Gasteiger partial charge in [0.1, 0.15) is 6.10 Å². The average molecular weight is 524 g/mol. The predicted molar refractivity (Wildman–Crippen MR) is 153 cm³/mol. The van der Waals surface area contributed by atoms with E-state index in [4.69, 9.17) is 14.5 Å². The lowest BCUT2D eigenvalue weighted by molar-refractivity contribution is -0.145. The molecule has 198 valence electrons. The molecule has 0 aromatic carbocycles. The van der Waals surface area contributed by atoms with Gasteiger partial charge in [0.2, 0.25) is 5.13 Å². The Hall–Kier alpha value is -3.52. The number of hydrazone groups is 1. The van der Waals surface area contributed by atoms with Gasteiger partial charge in [0.25, 0.3) is 0 Å². The standard InChI is InChI=1S/C29H37N3O4S/c1-7-14-26-27(9-3)37-29(31-26)32(20-21(4)5)30-19-23(8-2)25(17-13-18-35-22(6)33)28(34)36-24-15-11-10-12-16-24/h7-9,13-14,17-19,24H,3-4,10-12,15-16,20H2,1-2,5-6H3/b14-7-,18-13+,23-8-,25-17+,30-19+. The van der Waals surface area contributed by atoms with E-state index in [0.717, 1.165) is 48.2 Å². The third-order valence-corrected chi connectivity index (χ3v) is 6.48. The summed E-state index contributed by atoms with van der Waals surface area (Å²) >= 11 is 1.47. The van der Waals surface area contributed by atoms with E-state index in [1.54, 1.807) is 29.5 Å². The van der Waals surface area contributed by atoms with Crippen molar-refractivity contribution in [2.24, 2.45) is 5.10 Å². The Balaban J connectivity index is 2.39. The van der Waals surface area contributed by atoms with E-state index in [9.17, 15) is 9.59 Å². The van der Waals surface area contributed by atoms with Gasteiger partial charge < -0.3 is 9.47 Å². The molecule has 1 fully saturated rings. The third-order valence-electron chi connectivity index (χ3n) is 5.40. The highest BCUT2D eigenvalue weighted by Crippen LogP contribution is 2.29. The summed E-state index contributed by atoms with van der Waals surface area (Å²) in [5, 5.41) is 7.10. The molecule has 0 spiro atoms. The van der Waals surface area contributed by atoms with Gasteiger partial charge in [-0.2, -0.15) is 5.10 Å². The van der Waals surface area contributed by atoms with Crippen LogP contribution < -0.4 is 5.01 Å². The molecule has 1 aliphatic carbocycles. The largest absolute Gasteiger partial charge is 0.459 e. The summed E-state index contributed by atoms with van der Waals surface area (Å²) in [6.07, 6.45) is 18.2. The molecule has 0 aliphatic heterocycles. The first-order valence-electron chi connectivity index (χ1n) is 12.4. The molecular formula is C29H37N3O4S. The maximum Gasteiger partial charge on any atom is 0.339 e. The van der Waals surface area contributed by atoms with Gasteiger partial charge in [-0.05, 0) is 70.8 Å². The van der Waals surface area contributed by atoms with Crippen LogP contribution in [0.5, 0.6) is 0 Å². The van der Waals surface area contributed by atoms with Crippen molar-refractivity contribution in [1.29, 1.82) is 0 Å². The number of nitrogens with zero attached hydrogens (tertiary/aromatic N) is 3. The zero-order chi connectivity index (χ0) is 27.2. The van der Waals surface area contributed by atoms with Crippen LogP contribution in [0.4, 0.5) is 5.13 Å². The minimum Gasteiger partial charge on any atom is -0.459 e. The average Bonchev–Trinajstić information content (AvgIpc) is 3.27. The predicted octanol–water partition coefficient (Wildman–Crippen LogP) is 7.01. The van der Waals surface area contributed by atoms with Crippen molar-refractivity contribution in [3.63, 3.8) is 0 Å². The second kappa shape index (κ2) is 15.6. The van der Waals surface area contributed by atoms with Crippen LogP contribution in [-0.2, 0) is 19.1 Å². The molecule has 0 amide bonds. The lowest BCUT2D eigenvalue weighted by Gasteiger charge is -2.22. The fourth-order valence-electron chi connectivity index (χ4n) is 3.66. The highest BCUT2D eigenvalue weighted by atomic mass is 32.1. The second-order valence-corrected chi connectivity index (χ2v) is 9.65. The number of thiazole rings is 1. The van der Waals surface area contributed by atoms with Crippen LogP contribution in [0.1, 0.15) is 70.4 Å². The summed E-state index contributed by atoms with van der Waals surface area (Å²) < 4.78 is 10.7. The number of anilines is 1. The summed E-state index contributed by atoms with van der Waals surface area (Å²) in [6.45, 7) is 15.3. The molecule has 0 bridgehead atoms. The van der Waals surface area contributed by atoms with E-state index in [1.165, 1.54) is 30.6 Å². The summed E-state index contributed by atoms with van der Waals surface area (Å²) in [4.78, 5) is 30.0. The van der Waals surface area contributed by atoms with Crippen LogP contribution in [0, 0.1) is 0 Å². The molecule has 2 rings (SSSR count). The minimum absolute atomic E-state index is 0.102. The van der Waals surface area contributed by atoms with Gasteiger partial charge in [-0.1, -0.05) is 48.6 Å². The number of allylic oxidation sites excluding steroid dienone is 4. The van der Waals surface area contributed by atoms with Gasteiger partial charge in [-0.25, -0.2) is 14.8 Å². The molecule has 1 heterocycles. The van der Waals surface area contributed by atoms with Crippen LogP contribution in [0.25, 0.3) is 12.2 Å². The van der Waals surface area contributed by atoms with Crippen molar-refractivity contribution in [2.75, 3.05) is 11.6 Å². The highest BCUT2D eigenvalue weighted by Gasteiger charge is 2.22. The number of esters is 2. The zero-order valence-electron chi connectivity index (χ0n) is 22.2. The number of aromatic nitrogens is 1. The van der Waals surface area contributed by atoms with Crippen molar-refractivity contribution in [3.05, 3.63) is 71.0 Å². The number of carbonyl (C=O) groups excluding carboxylic acids is 2. The third kappa shape index (κ3) is 9.80. The molecule has 1 saturated carbocycles. The van der Waals surface area contributed by atoms with Gasteiger partial charge >= 0.3 is 11.9 Å². The summed E-state index contributed by atoms with van der Waals surface area (Å²) in [7, 11) is 0. The molecule has 37 heavy (non-hydrogen) atoms. The highest BCUT2D eigenvalue weighted by molar-refractivity contribution is 7.16. The SMILES string of the molecule is C=Cc1sc(N(CC(=C)C)/N=C/C(=C/C)C(=C\C=C\OC(C)=O)/C(=O)OC2CCCCC2)nc1/C=C\C. The van der Waals surface area contributed by atoms with Crippen molar-refractivity contribution in [1.82, 2.24) is 4.98 Å². The minimum atomic E-state index is -0.445. The molecule has 0 N–H and O–H groups in total. The monoisotopic (exact) mass is 523 g/mol. The number of hydrogen-bond acceptors (Lipinski definition) is 8. The van der Waals surface area contributed by atoms with Crippen LogP contribution in [-0.4, -0.2) is 35.8 Å². The first-order valence-corrected chi connectivity index (χ1v) is 13.2. The molecule has 0 saturated heterocycles. The Morgan fingerprint density at radius 2 is 1.95 bits per heavy atom. The van der Waals surface area contributed by atoms with E-state index >= 15 is 0 Å². The Bertz CT molecular complexity index is 1120. The Kier molecular flexibility index (Phi) is 12.5. The van der Waals surface area contributed by atoms with E-state index < -0.39 is 11.9 Å². The topological polar surface area (TPSA) is 81.1 Å². The van der Waals surface area contributed by atoms with Crippen LogP contribution in [0.15, 0.2) is 65.5 Å². The van der Waals surface area contributed by atoms with E-state index in [2.05, 4.69) is 18.3 Å². The maximum absolute atomic E-state index is 13.2. The Morgan fingerprint density at radius 3 is 2.54 bits per heavy atom. The molecular weight excluding hydrogens is 486 g/mol. The number of carbonyl (C=O) groups is 2. The first kappa shape index (κ1) is 29.7. The van der Waals surface area contributed by atoms with E-state index in [0.29, 0.717) is 22.8 Å². The van der Waals surface area contributed by atoms with Gasteiger partial charge in [-0.3, -0.25) is 4.79 Å². The maximum atomic E-state index is 13.2. The molecule has 1 aliphatic rings. The lowest BCUT2D eigenvalue weighted by Crippen LogP contribution is -2.23. The lowest BCUT2D eigenvalue weighted by atomic mass is 9.97. The summed E-state index contributed by atoms with van der Waals surface area (Å²) in [5.74, 6) is -0.886. The quantitative estimate of drug-likeness (QED) is 0.0557. The van der Waals surface area contributed by atoms with E-state index in [-0.39, 0.29) is 6.10 Å². The molecule has 0 radical (unpaired) electrons. The van der Waals surface area contributed by atoms with E-state index in [1.807, 2.05) is 32.9 Å². The van der Waals surface area contributed by atoms with Crippen molar-refractivity contribution in [2.45, 2.75) is 65.9 Å². The smallest absolute Gasteiger partial charge is 0.339 e. The Labute approximate surface area is 224 Å². The van der Waals surface area contributed by atoms with Gasteiger partial charge in [0.15, 0.2) is 0 Å².